The van der Waals surface area contributed by atoms with Crippen molar-refractivity contribution < 1.29 is 9.53 Å². The number of ether oxygens (including phenoxy) is 1. The third-order valence-corrected chi connectivity index (χ3v) is 4.00. The molecule has 0 aliphatic heterocycles. The number of aromatic nitrogens is 1. The van der Waals surface area contributed by atoms with Gasteiger partial charge in [-0.25, -0.2) is 0 Å². The number of guanidine groups is 1. The summed E-state index contributed by atoms with van der Waals surface area (Å²) in [5, 5.41) is 3.35. The number of esters is 1. The normalized spacial score (nSPS) is 11.4. The lowest BCUT2D eigenvalue weighted by Gasteiger charge is -2.22. The molecule has 0 fully saturated rings. The lowest BCUT2D eigenvalue weighted by atomic mass is 10.1. The van der Waals surface area contributed by atoms with Gasteiger partial charge in [0.2, 0.25) is 0 Å². The molecule has 0 spiro atoms. The van der Waals surface area contributed by atoms with E-state index < -0.39 is 0 Å². The summed E-state index contributed by atoms with van der Waals surface area (Å²) in [6, 6.07) is 4.19. The molecule has 0 amide bonds. The minimum Gasteiger partial charge on any atom is -0.466 e. The van der Waals surface area contributed by atoms with Crippen LogP contribution in [0.4, 0.5) is 0 Å². The Kier molecular flexibility index (Phi) is 10.4. The standard InChI is InChI=1S/C19H34N4O2/c1-5-20-19(23(4)16-17-12-11-15-22(17)3)21-14-10-8-7-9-13-18(24)25-6-2/h11-12,15H,5-10,13-14,16H2,1-4H3,(H,20,21). The molecule has 6 nitrogen and oxygen atoms in total. The van der Waals surface area contributed by atoms with Crippen LogP contribution in [0.3, 0.4) is 0 Å². The van der Waals surface area contributed by atoms with Gasteiger partial charge in [-0.2, -0.15) is 0 Å². The first kappa shape index (κ1) is 21.1. The summed E-state index contributed by atoms with van der Waals surface area (Å²) in [5.74, 6) is 0.854. The van der Waals surface area contributed by atoms with E-state index in [-0.39, 0.29) is 5.97 Å². The smallest absolute Gasteiger partial charge is 0.305 e. The van der Waals surface area contributed by atoms with Crippen LogP contribution in [0.25, 0.3) is 0 Å². The zero-order valence-corrected chi connectivity index (χ0v) is 16.3. The number of unbranched alkanes of at least 4 members (excludes halogenated alkanes) is 3. The quantitative estimate of drug-likeness (QED) is 0.288. The summed E-state index contributed by atoms with van der Waals surface area (Å²) in [5.41, 5.74) is 1.26. The van der Waals surface area contributed by atoms with Gasteiger partial charge in [0.15, 0.2) is 5.96 Å². The Balaban J connectivity index is 2.30. The number of aryl methyl sites for hydroxylation is 1. The van der Waals surface area contributed by atoms with Crippen molar-refractivity contribution in [3.8, 4) is 0 Å². The van der Waals surface area contributed by atoms with Crippen LogP contribution in [0.5, 0.6) is 0 Å². The Bertz CT molecular complexity index is 525. The van der Waals surface area contributed by atoms with Gasteiger partial charge in [-0.3, -0.25) is 9.79 Å². The van der Waals surface area contributed by atoms with Crippen molar-refractivity contribution in [1.82, 2.24) is 14.8 Å². The molecular weight excluding hydrogens is 316 g/mol. The molecule has 0 radical (unpaired) electrons. The van der Waals surface area contributed by atoms with Gasteiger partial charge in [-0.15, -0.1) is 0 Å². The summed E-state index contributed by atoms with van der Waals surface area (Å²) < 4.78 is 7.06. The zero-order chi connectivity index (χ0) is 18.5. The van der Waals surface area contributed by atoms with Crippen LogP contribution in [0.15, 0.2) is 23.3 Å². The highest BCUT2D eigenvalue weighted by atomic mass is 16.5. The topological polar surface area (TPSA) is 58.9 Å². The van der Waals surface area contributed by atoms with Gasteiger partial charge in [0.25, 0.3) is 0 Å². The molecule has 1 heterocycles. The Morgan fingerprint density at radius 1 is 1.28 bits per heavy atom. The van der Waals surface area contributed by atoms with Gasteiger partial charge in [0.05, 0.1) is 13.2 Å². The van der Waals surface area contributed by atoms with Gasteiger partial charge in [-0.1, -0.05) is 12.8 Å². The molecule has 0 unspecified atom stereocenters. The van der Waals surface area contributed by atoms with Crippen molar-refractivity contribution in [1.29, 1.82) is 0 Å². The average Bonchev–Trinajstić information content (AvgIpc) is 2.98. The molecule has 0 saturated carbocycles. The number of hydrogen-bond donors (Lipinski definition) is 1. The molecule has 6 heteroatoms. The second-order valence-electron chi connectivity index (χ2n) is 6.17. The van der Waals surface area contributed by atoms with E-state index in [0.717, 1.165) is 51.3 Å². The van der Waals surface area contributed by atoms with Crippen LogP contribution >= 0.6 is 0 Å². The number of hydrogen-bond acceptors (Lipinski definition) is 3. The predicted molar refractivity (Wildman–Crippen MR) is 103 cm³/mol. The summed E-state index contributed by atoms with van der Waals surface area (Å²) in [6.07, 6.45) is 6.66. The number of nitrogens with one attached hydrogen (secondary N) is 1. The van der Waals surface area contributed by atoms with Crippen molar-refractivity contribution in [2.45, 2.75) is 52.5 Å². The molecule has 0 aromatic carbocycles. The van der Waals surface area contributed by atoms with E-state index in [1.54, 1.807) is 0 Å². The van der Waals surface area contributed by atoms with Crippen LogP contribution in [0.1, 0.15) is 51.6 Å². The van der Waals surface area contributed by atoms with E-state index in [1.807, 2.05) is 6.92 Å². The minimum atomic E-state index is -0.0859. The van der Waals surface area contributed by atoms with Crippen molar-refractivity contribution in [2.75, 3.05) is 26.7 Å². The lowest BCUT2D eigenvalue weighted by molar-refractivity contribution is -0.143. The predicted octanol–water partition coefficient (Wildman–Crippen LogP) is 2.94. The Morgan fingerprint density at radius 2 is 2.04 bits per heavy atom. The molecule has 0 aliphatic rings. The van der Waals surface area contributed by atoms with Gasteiger partial charge in [0.1, 0.15) is 0 Å². The van der Waals surface area contributed by atoms with Crippen molar-refractivity contribution in [3.05, 3.63) is 24.0 Å². The highest BCUT2D eigenvalue weighted by Gasteiger charge is 2.08. The fraction of sp³-hybridized carbons (Fsp3) is 0.684. The molecule has 0 saturated heterocycles. The Labute approximate surface area is 152 Å². The number of rotatable bonds is 11. The zero-order valence-electron chi connectivity index (χ0n) is 16.3. The van der Waals surface area contributed by atoms with Gasteiger partial charge in [-0.05, 0) is 38.8 Å². The van der Waals surface area contributed by atoms with Gasteiger partial charge in [0, 0.05) is 45.5 Å². The van der Waals surface area contributed by atoms with Gasteiger partial charge >= 0.3 is 5.97 Å². The van der Waals surface area contributed by atoms with Crippen LogP contribution < -0.4 is 5.32 Å². The minimum absolute atomic E-state index is 0.0859. The molecule has 25 heavy (non-hydrogen) atoms. The molecule has 0 atom stereocenters. The summed E-state index contributed by atoms with van der Waals surface area (Å²) in [7, 11) is 4.12. The van der Waals surface area contributed by atoms with Crippen LogP contribution in [-0.4, -0.2) is 48.1 Å². The van der Waals surface area contributed by atoms with Crippen molar-refractivity contribution >= 4 is 11.9 Å². The molecule has 1 aromatic heterocycles. The second kappa shape index (κ2) is 12.4. The highest BCUT2D eigenvalue weighted by Crippen LogP contribution is 2.06. The van der Waals surface area contributed by atoms with Crippen molar-refractivity contribution in [3.63, 3.8) is 0 Å². The monoisotopic (exact) mass is 350 g/mol. The van der Waals surface area contributed by atoms with Crippen LogP contribution in [0.2, 0.25) is 0 Å². The van der Waals surface area contributed by atoms with E-state index in [0.29, 0.717) is 13.0 Å². The first-order valence-electron chi connectivity index (χ1n) is 9.33. The Hall–Kier alpha value is -1.98. The molecule has 1 N–H and O–H groups in total. The second-order valence-corrected chi connectivity index (χ2v) is 6.17. The number of aliphatic imine (C=N–C) groups is 1. The van der Waals surface area contributed by atoms with E-state index in [9.17, 15) is 4.79 Å². The van der Waals surface area contributed by atoms with E-state index in [1.165, 1.54) is 5.69 Å². The molecule has 1 rings (SSSR count). The maximum atomic E-state index is 11.3. The fourth-order valence-corrected chi connectivity index (χ4v) is 2.60. The number of carbonyl (C=O) groups is 1. The fourth-order valence-electron chi connectivity index (χ4n) is 2.60. The summed E-state index contributed by atoms with van der Waals surface area (Å²) in [6.45, 7) is 6.88. The van der Waals surface area contributed by atoms with Gasteiger partial charge < -0.3 is 19.5 Å². The Morgan fingerprint density at radius 3 is 2.68 bits per heavy atom. The molecule has 142 valence electrons. The third-order valence-electron chi connectivity index (χ3n) is 4.00. The molecule has 0 aliphatic carbocycles. The largest absolute Gasteiger partial charge is 0.466 e. The maximum absolute atomic E-state index is 11.3. The maximum Gasteiger partial charge on any atom is 0.305 e. The van der Waals surface area contributed by atoms with Crippen molar-refractivity contribution in [2.24, 2.45) is 12.0 Å². The lowest BCUT2D eigenvalue weighted by Crippen LogP contribution is -2.38. The molecule has 1 aromatic rings. The highest BCUT2D eigenvalue weighted by molar-refractivity contribution is 5.79. The molecular formula is C19H34N4O2. The van der Waals surface area contributed by atoms with Crippen LogP contribution in [-0.2, 0) is 23.1 Å². The SMILES string of the molecule is CCNC(=NCCCCCCC(=O)OCC)N(C)Cc1cccn1C. The van der Waals surface area contributed by atoms with Crippen LogP contribution in [0, 0.1) is 0 Å². The first-order chi connectivity index (χ1) is 12.1. The van der Waals surface area contributed by atoms with E-state index >= 15 is 0 Å². The third kappa shape index (κ3) is 8.61. The molecule has 0 bridgehead atoms. The summed E-state index contributed by atoms with van der Waals surface area (Å²) in [4.78, 5) is 18.1. The van der Waals surface area contributed by atoms with E-state index in [4.69, 9.17) is 9.73 Å². The van der Waals surface area contributed by atoms with E-state index in [2.05, 4.69) is 54.1 Å². The number of nitrogens with zero attached hydrogens (tertiary/aromatic N) is 3. The number of carbonyl (C=O) groups excluding carboxylic acids is 1. The average molecular weight is 351 g/mol. The first-order valence-corrected chi connectivity index (χ1v) is 9.33. The summed E-state index contributed by atoms with van der Waals surface area (Å²) >= 11 is 0.